The summed E-state index contributed by atoms with van der Waals surface area (Å²) in [5, 5.41) is 27.2. The molecule has 0 spiro atoms. The number of benzene rings is 2. The van der Waals surface area contributed by atoms with Crippen LogP contribution in [0, 0.1) is 20.2 Å². The minimum absolute atomic E-state index is 0.0376. The first kappa shape index (κ1) is 19.5. The number of nitro groups is 2. The predicted molar refractivity (Wildman–Crippen MR) is 105 cm³/mol. The number of nitrogens with zero attached hydrogens (tertiary/aromatic N) is 2. The summed E-state index contributed by atoms with van der Waals surface area (Å²) in [6.45, 7) is 0.505. The van der Waals surface area contributed by atoms with Gasteiger partial charge in [-0.05, 0) is 30.3 Å². The van der Waals surface area contributed by atoms with Gasteiger partial charge < -0.3 is 15.1 Å². The molecule has 0 aliphatic carbocycles. The topological polar surface area (TPSA) is 141 Å². The predicted octanol–water partition coefficient (Wildman–Crippen LogP) is 3.60. The van der Waals surface area contributed by atoms with Crippen molar-refractivity contribution in [2.45, 2.75) is 0 Å². The number of para-hydroxylation sites is 2. The molecule has 2 N–H and O–H groups in total. The largest absolute Gasteiger partial charge is 0.451 e. The molecule has 0 atom stereocenters. The molecule has 3 aromatic rings. The lowest BCUT2D eigenvalue weighted by atomic mass is 10.1. The molecule has 3 rings (SSSR count). The van der Waals surface area contributed by atoms with Crippen molar-refractivity contribution in [1.29, 1.82) is 0 Å². The van der Waals surface area contributed by atoms with E-state index >= 15 is 0 Å². The Bertz CT molecular complexity index is 1040. The van der Waals surface area contributed by atoms with Crippen LogP contribution in [0.1, 0.15) is 10.6 Å². The number of furan rings is 1. The van der Waals surface area contributed by atoms with E-state index in [1.54, 1.807) is 24.3 Å². The fourth-order valence-electron chi connectivity index (χ4n) is 2.61. The number of carbonyl (C=O) groups excluding carboxylic acids is 1. The maximum atomic E-state index is 12.2. The Morgan fingerprint density at radius 1 is 0.897 bits per heavy atom. The molecular formula is C19H16N4O6. The molecule has 29 heavy (non-hydrogen) atoms. The third kappa shape index (κ3) is 4.75. The summed E-state index contributed by atoms with van der Waals surface area (Å²) in [6.07, 6.45) is 0. The molecule has 1 amide bonds. The van der Waals surface area contributed by atoms with Gasteiger partial charge in [0, 0.05) is 36.9 Å². The molecule has 10 nitrogen and oxygen atoms in total. The third-order valence-corrected chi connectivity index (χ3v) is 4.02. The summed E-state index contributed by atoms with van der Waals surface area (Å²) in [4.78, 5) is 32.9. The smallest absolute Gasteiger partial charge is 0.292 e. The number of amides is 1. The van der Waals surface area contributed by atoms with Gasteiger partial charge in [0.15, 0.2) is 5.76 Å². The first-order valence-electron chi connectivity index (χ1n) is 8.56. The third-order valence-electron chi connectivity index (χ3n) is 4.02. The maximum Gasteiger partial charge on any atom is 0.292 e. The van der Waals surface area contributed by atoms with Gasteiger partial charge >= 0.3 is 0 Å². The molecule has 0 fully saturated rings. The van der Waals surface area contributed by atoms with Gasteiger partial charge in [0.05, 0.1) is 9.85 Å². The minimum atomic E-state index is -0.497. The van der Waals surface area contributed by atoms with Gasteiger partial charge in [-0.25, -0.2) is 0 Å². The van der Waals surface area contributed by atoms with Crippen LogP contribution in [-0.4, -0.2) is 28.8 Å². The van der Waals surface area contributed by atoms with Crippen LogP contribution < -0.4 is 10.6 Å². The highest BCUT2D eigenvalue weighted by Crippen LogP contribution is 2.25. The molecule has 0 aliphatic heterocycles. The van der Waals surface area contributed by atoms with Crippen LogP contribution in [0.5, 0.6) is 0 Å². The molecular weight excluding hydrogens is 380 g/mol. The highest BCUT2D eigenvalue weighted by molar-refractivity contribution is 5.92. The second-order valence-corrected chi connectivity index (χ2v) is 5.92. The van der Waals surface area contributed by atoms with E-state index in [0.717, 1.165) is 0 Å². The van der Waals surface area contributed by atoms with Gasteiger partial charge in [-0.2, -0.15) is 0 Å². The van der Waals surface area contributed by atoms with Crippen molar-refractivity contribution in [3.05, 3.63) is 86.7 Å². The fraction of sp³-hybridized carbons (Fsp3) is 0.105. The summed E-state index contributed by atoms with van der Waals surface area (Å²) in [7, 11) is 0. The Morgan fingerprint density at radius 2 is 1.62 bits per heavy atom. The van der Waals surface area contributed by atoms with Gasteiger partial charge in [-0.15, -0.1) is 0 Å². The Morgan fingerprint density at radius 3 is 2.31 bits per heavy atom. The number of carbonyl (C=O) groups is 1. The first-order valence-corrected chi connectivity index (χ1v) is 8.56. The lowest BCUT2D eigenvalue weighted by molar-refractivity contribution is -0.384. The van der Waals surface area contributed by atoms with Gasteiger partial charge in [0.25, 0.3) is 17.3 Å². The SMILES string of the molecule is O=C(NCCNc1ccccc1[N+](=O)[O-])c1ccc(-c2ccc([N+](=O)[O-])cc2)o1. The normalized spacial score (nSPS) is 10.3. The highest BCUT2D eigenvalue weighted by atomic mass is 16.6. The van der Waals surface area contributed by atoms with Crippen LogP contribution >= 0.6 is 0 Å². The second kappa shape index (κ2) is 8.65. The quantitative estimate of drug-likeness (QED) is 0.337. The number of hydrogen-bond acceptors (Lipinski definition) is 7. The molecule has 148 valence electrons. The van der Waals surface area contributed by atoms with Crippen molar-refractivity contribution in [3.63, 3.8) is 0 Å². The molecule has 1 aromatic heterocycles. The molecule has 1 heterocycles. The maximum absolute atomic E-state index is 12.2. The zero-order valence-corrected chi connectivity index (χ0v) is 15.0. The zero-order chi connectivity index (χ0) is 20.8. The summed E-state index contributed by atoms with van der Waals surface area (Å²) >= 11 is 0. The van der Waals surface area contributed by atoms with Crippen molar-refractivity contribution < 1.29 is 19.1 Å². The Hall–Kier alpha value is -4.21. The Labute approximate surface area is 164 Å². The van der Waals surface area contributed by atoms with Crippen LogP contribution in [0.25, 0.3) is 11.3 Å². The van der Waals surface area contributed by atoms with Crippen LogP contribution in [-0.2, 0) is 0 Å². The summed E-state index contributed by atoms with van der Waals surface area (Å²) in [5.41, 5.74) is 0.889. The number of non-ortho nitro benzene ring substituents is 1. The first-order chi connectivity index (χ1) is 14.0. The van der Waals surface area contributed by atoms with E-state index in [1.165, 1.54) is 36.4 Å². The summed E-state index contributed by atoms with van der Waals surface area (Å²) in [6, 6.07) is 15.1. The van der Waals surface area contributed by atoms with E-state index in [9.17, 15) is 25.0 Å². The molecule has 0 radical (unpaired) electrons. The van der Waals surface area contributed by atoms with Crippen molar-refractivity contribution >= 4 is 23.0 Å². The highest BCUT2D eigenvalue weighted by Gasteiger charge is 2.14. The minimum Gasteiger partial charge on any atom is -0.451 e. The van der Waals surface area contributed by atoms with E-state index in [2.05, 4.69) is 10.6 Å². The van der Waals surface area contributed by atoms with E-state index in [1.807, 2.05) is 0 Å². The monoisotopic (exact) mass is 396 g/mol. The molecule has 0 saturated carbocycles. The number of anilines is 1. The molecule has 0 aliphatic rings. The Balaban J connectivity index is 1.54. The van der Waals surface area contributed by atoms with E-state index < -0.39 is 15.8 Å². The van der Waals surface area contributed by atoms with Gasteiger partial charge in [0.1, 0.15) is 11.4 Å². The molecule has 0 unspecified atom stereocenters. The average Bonchev–Trinajstić information content (AvgIpc) is 3.21. The summed E-state index contributed by atoms with van der Waals surface area (Å²) in [5.74, 6) is 0.0506. The molecule has 0 saturated heterocycles. The standard InChI is InChI=1S/C19H16N4O6/c24-19(21-12-11-20-15-3-1-2-4-16(15)23(27)28)18-10-9-17(29-18)13-5-7-14(8-6-13)22(25)26/h1-10,20H,11-12H2,(H,21,24). The van der Waals surface area contributed by atoms with Gasteiger partial charge in [0.2, 0.25) is 0 Å². The van der Waals surface area contributed by atoms with Gasteiger partial charge in [-0.1, -0.05) is 12.1 Å². The van der Waals surface area contributed by atoms with Crippen LogP contribution in [0.15, 0.2) is 65.1 Å². The number of rotatable bonds is 8. The average molecular weight is 396 g/mol. The van der Waals surface area contributed by atoms with E-state index in [0.29, 0.717) is 17.0 Å². The molecule has 0 bridgehead atoms. The van der Waals surface area contributed by atoms with Crippen molar-refractivity contribution in [3.8, 4) is 11.3 Å². The lowest BCUT2D eigenvalue weighted by Gasteiger charge is -2.07. The van der Waals surface area contributed by atoms with E-state index in [-0.39, 0.29) is 30.2 Å². The zero-order valence-electron chi connectivity index (χ0n) is 15.0. The second-order valence-electron chi connectivity index (χ2n) is 5.92. The lowest BCUT2D eigenvalue weighted by Crippen LogP contribution is -2.28. The fourth-order valence-corrected chi connectivity index (χ4v) is 2.61. The Kier molecular flexibility index (Phi) is 5.83. The van der Waals surface area contributed by atoms with Crippen molar-refractivity contribution in [2.75, 3.05) is 18.4 Å². The van der Waals surface area contributed by atoms with Crippen LogP contribution in [0.3, 0.4) is 0 Å². The number of nitrogens with one attached hydrogen (secondary N) is 2. The summed E-state index contributed by atoms with van der Waals surface area (Å²) < 4.78 is 5.51. The molecule has 10 heteroatoms. The van der Waals surface area contributed by atoms with Crippen molar-refractivity contribution in [2.24, 2.45) is 0 Å². The molecule has 2 aromatic carbocycles. The van der Waals surface area contributed by atoms with Crippen LogP contribution in [0.2, 0.25) is 0 Å². The van der Waals surface area contributed by atoms with Crippen molar-refractivity contribution in [1.82, 2.24) is 5.32 Å². The van der Waals surface area contributed by atoms with Gasteiger partial charge in [-0.3, -0.25) is 25.0 Å². The number of nitro benzene ring substituents is 2. The van der Waals surface area contributed by atoms with Crippen LogP contribution in [0.4, 0.5) is 17.1 Å². The van der Waals surface area contributed by atoms with E-state index in [4.69, 9.17) is 4.42 Å². The number of hydrogen-bond donors (Lipinski definition) is 2.